The van der Waals surface area contributed by atoms with Gasteiger partial charge in [-0.2, -0.15) is 4.98 Å². The van der Waals surface area contributed by atoms with Crippen LogP contribution in [0.1, 0.15) is 19.8 Å². The summed E-state index contributed by atoms with van der Waals surface area (Å²) >= 11 is 0. The summed E-state index contributed by atoms with van der Waals surface area (Å²) in [4.78, 5) is 6.71. The highest BCUT2D eigenvalue weighted by Gasteiger charge is 2.24. The van der Waals surface area contributed by atoms with Crippen LogP contribution in [0.2, 0.25) is 0 Å². The monoisotopic (exact) mass is 231 g/mol. The van der Waals surface area contributed by atoms with Crippen LogP contribution < -0.4 is 10.6 Å². The predicted molar refractivity (Wildman–Crippen MR) is 69.0 cm³/mol. The van der Waals surface area contributed by atoms with Crippen LogP contribution in [-0.2, 0) is 0 Å². The van der Waals surface area contributed by atoms with Crippen LogP contribution >= 0.6 is 0 Å². The van der Waals surface area contributed by atoms with Crippen molar-refractivity contribution < 1.29 is 4.42 Å². The van der Waals surface area contributed by atoms with Gasteiger partial charge in [0.05, 0.1) is 5.69 Å². The minimum atomic E-state index is 0.684. The first-order valence-electron chi connectivity index (χ1n) is 6.18. The SMILES string of the molecule is CCC1CCN(c2nc3c(N)cccc3o2)C1. The smallest absolute Gasteiger partial charge is 0.298 e. The number of hydrogen-bond acceptors (Lipinski definition) is 4. The molecule has 1 aromatic heterocycles. The zero-order valence-corrected chi connectivity index (χ0v) is 10.0. The number of nitrogen functional groups attached to an aromatic ring is 1. The standard InChI is InChI=1S/C13H17N3O/c1-2-9-6-7-16(8-9)13-15-12-10(14)4-3-5-11(12)17-13/h3-5,9H,2,6-8,14H2,1H3. The summed E-state index contributed by atoms with van der Waals surface area (Å²) < 4.78 is 5.76. The van der Waals surface area contributed by atoms with E-state index in [-0.39, 0.29) is 0 Å². The molecule has 0 bridgehead atoms. The van der Waals surface area contributed by atoms with Crippen LogP contribution in [0.5, 0.6) is 0 Å². The van der Waals surface area contributed by atoms with Crippen molar-refractivity contribution in [3.8, 4) is 0 Å². The van der Waals surface area contributed by atoms with E-state index in [4.69, 9.17) is 10.2 Å². The summed E-state index contributed by atoms with van der Waals surface area (Å²) in [5, 5.41) is 0. The lowest BCUT2D eigenvalue weighted by molar-refractivity contribution is 0.552. The number of anilines is 2. The Labute approximate surface area is 100 Å². The van der Waals surface area contributed by atoms with Gasteiger partial charge in [-0.15, -0.1) is 0 Å². The highest BCUT2D eigenvalue weighted by atomic mass is 16.4. The molecule has 0 spiro atoms. The average molecular weight is 231 g/mol. The Morgan fingerprint density at radius 1 is 1.53 bits per heavy atom. The van der Waals surface area contributed by atoms with Gasteiger partial charge in [0.1, 0.15) is 5.52 Å². The lowest BCUT2D eigenvalue weighted by Crippen LogP contribution is -2.19. The molecule has 90 valence electrons. The van der Waals surface area contributed by atoms with Gasteiger partial charge in [-0.05, 0) is 24.5 Å². The van der Waals surface area contributed by atoms with E-state index in [0.29, 0.717) is 11.7 Å². The summed E-state index contributed by atoms with van der Waals surface area (Å²) in [6.45, 7) is 4.31. The van der Waals surface area contributed by atoms with Crippen molar-refractivity contribution in [2.75, 3.05) is 23.7 Å². The maximum Gasteiger partial charge on any atom is 0.298 e. The van der Waals surface area contributed by atoms with Crippen molar-refractivity contribution in [3.63, 3.8) is 0 Å². The number of benzene rings is 1. The number of oxazole rings is 1. The van der Waals surface area contributed by atoms with E-state index in [9.17, 15) is 0 Å². The average Bonchev–Trinajstić information content (AvgIpc) is 2.95. The fourth-order valence-electron chi connectivity index (χ4n) is 2.43. The highest BCUT2D eigenvalue weighted by molar-refractivity contribution is 5.86. The van der Waals surface area contributed by atoms with Gasteiger partial charge >= 0.3 is 0 Å². The Hall–Kier alpha value is -1.71. The van der Waals surface area contributed by atoms with Gasteiger partial charge in [-0.3, -0.25) is 0 Å². The maximum absolute atomic E-state index is 5.88. The summed E-state index contributed by atoms with van der Waals surface area (Å²) in [7, 11) is 0. The van der Waals surface area contributed by atoms with Gasteiger partial charge in [-0.1, -0.05) is 19.4 Å². The Bertz CT molecular complexity index is 534. The molecular formula is C13H17N3O. The van der Waals surface area contributed by atoms with Gasteiger partial charge in [0.2, 0.25) is 0 Å². The molecule has 1 aromatic carbocycles. The number of nitrogens with zero attached hydrogens (tertiary/aromatic N) is 2. The fraction of sp³-hybridized carbons (Fsp3) is 0.462. The topological polar surface area (TPSA) is 55.3 Å². The van der Waals surface area contributed by atoms with Gasteiger partial charge in [0, 0.05) is 13.1 Å². The second-order valence-electron chi connectivity index (χ2n) is 4.70. The van der Waals surface area contributed by atoms with Crippen molar-refractivity contribution >= 4 is 22.8 Å². The normalized spacial score (nSPS) is 20.3. The minimum Gasteiger partial charge on any atom is -0.423 e. The first-order chi connectivity index (χ1) is 8.28. The van der Waals surface area contributed by atoms with Crippen molar-refractivity contribution in [2.24, 2.45) is 5.92 Å². The summed E-state index contributed by atoms with van der Waals surface area (Å²) in [6, 6.07) is 6.38. The van der Waals surface area contributed by atoms with E-state index in [1.54, 1.807) is 0 Å². The van der Waals surface area contributed by atoms with Gasteiger partial charge in [0.15, 0.2) is 5.58 Å². The zero-order valence-electron chi connectivity index (χ0n) is 10.0. The van der Waals surface area contributed by atoms with Crippen molar-refractivity contribution in [1.82, 2.24) is 4.98 Å². The third-order valence-corrected chi connectivity index (χ3v) is 3.57. The van der Waals surface area contributed by atoms with Crippen LogP contribution in [0, 0.1) is 5.92 Å². The van der Waals surface area contributed by atoms with E-state index in [0.717, 1.165) is 30.1 Å². The molecule has 1 aliphatic heterocycles. The second kappa shape index (κ2) is 3.95. The lowest BCUT2D eigenvalue weighted by atomic mass is 10.1. The van der Waals surface area contributed by atoms with Gasteiger partial charge in [-0.25, -0.2) is 0 Å². The molecule has 1 atom stereocenters. The molecule has 0 saturated carbocycles. The number of fused-ring (bicyclic) bond motifs is 1. The Balaban J connectivity index is 1.94. The second-order valence-corrected chi connectivity index (χ2v) is 4.70. The van der Waals surface area contributed by atoms with E-state index >= 15 is 0 Å². The van der Waals surface area contributed by atoms with Crippen LogP contribution in [0.25, 0.3) is 11.1 Å². The zero-order chi connectivity index (χ0) is 11.8. The molecule has 17 heavy (non-hydrogen) atoms. The third-order valence-electron chi connectivity index (χ3n) is 3.57. The van der Waals surface area contributed by atoms with Crippen LogP contribution in [0.15, 0.2) is 22.6 Å². The first-order valence-corrected chi connectivity index (χ1v) is 6.18. The van der Waals surface area contributed by atoms with Crippen molar-refractivity contribution in [1.29, 1.82) is 0 Å². The molecule has 1 aliphatic rings. The molecular weight excluding hydrogens is 214 g/mol. The molecule has 4 heteroatoms. The van der Waals surface area contributed by atoms with Crippen LogP contribution in [-0.4, -0.2) is 18.1 Å². The van der Waals surface area contributed by atoms with Crippen molar-refractivity contribution in [2.45, 2.75) is 19.8 Å². The number of para-hydroxylation sites is 1. The van der Waals surface area contributed by atoms with Crippen LogP contribution in [0.4, 0.5) is 11.7 Å². The maximum atomic E-state index is 5.88. The third kappa shape index (κ3) is 1.73. The minimum absolute atomic E-state index is 0.684. The van der Waals surface area contributed by atoms with E-state index < -0.39 is 0 Å². The van der Waals surface area contributed by atoms with E-state index in [2.05, 4.69) is 16.8 Å². The number of hydrogen-bond donors (Lipinski definition) is 1. The molecule has 0 radical (unpaired) electrons. The molecule has 2 heterocycles. The molecule has 1 unspecified atom stereocenters. The molecule has 4 nitrogen and oxygen atoms in total. The number of rotatable bonds is 2. The van der Waals surface area contributed by atoms with E-state index in [1.165, 1.54) is 12.8 Å². The highest BCUT2D eigenvalue weighted by Crippen LogP contribution is 2.29. The Morgan fingerprint density at radius 3 is 3.12 bits per heavy atom. The molecule has 0 aliphatic carbocycles. The Kier molecular flexibility index (Phi) is 2.42. The molecule has 1 saturated heterocycles. The number of nitrogens with two attached hydrogens (primary N) is 1. The van der Waals surface area contributed by atoms with Crippen LogP contribution in [0.3, 0.4) is 0 Å². The largest absolute Gasteiger partial charge is 0.423 e. The number of aromatic nitrogens is 1. The molecule has 3 rings (SSSR count). The Morgan fingerprint density at radius 2 is 2.41 bits per heavy atom. The van der Waals surface area contributed by atoms with Gasteiger partial charge in [0.25, 0.3) is 6.01 Å². The predicted octanol–water partition coefficient (Wildman–Crippen LogP) is 2.65. The molecule has 0 amide bonds. The lowest BCUT2D eigenvalue weighted by Gasteiger charge is -2.12. The summed E-state index contributed by atoms with van der Waals surface area (Å²) in [6.07, 6.45) is 2.45. The molecule has 2 N–H and O–H groups in total. The summed E-state index contributed by atoms with van der Waals surface area (Å²) in [5.41, 5.74) is 8.12. The molecule has 1 fully saturated rings. The first kappa shape index (κ1) is 10.4. The quantitative estimate of drug-likeness (QED) is 0.807. The molecule has 2 aromatic rings. The van der Waals surface area contributed by atoms with Crippen molar-refractivity contribution in [3.05, 3.63) is 18.2 Å². The van der Waals surface area contributed by atoms with E-state index in [1.807, 2.05) is 18.2 Å². The van der Waals surface area contributed by atoms with Gasteiger partial charge < -0.3 is 15.1 Å². The fourth-order valence-corrected chi connectivity index (χ4v) is 2.43. The summed E-state index contributed by atoms with van der Waals surface area (Å²) in [5.74, 6) is 0.766.